The van der Waals surface area contributed by atoms with Crippen LogP contribution in [0.3, 0.4) is 0 Å². The predicted molar refractivity (Wildman–Crippen MR) is 94.1 cm³/mol. The zero-order chi connectivity index (χ0) is 17.4. The van der Waals surface area contributed by atoms with Crippen molar-refractivity contribution in [2.75, 3.05) is 20.3 Å². The van der Waals surface area contributed by atoms with Crippen LogP contribution in [0.5, 0.6) is 0 Å². The number of pyridine rings is 1. The molecular weight excluding hydrogens is 324 g/mol. The van der Waals surface area contributed by atoms with Crippen LogP contribution in [0.4, 0.5) is 0 Å². The maximum Gasteiger partial charge on any atom is 0.243 e. The van der Waals surface area contributed by atoms with Gasteiger partial charge in [0, 0.05) is 32.6 Å². The minimum atomic E-state index is -3.58. The van der Waals surface area contributed by atoms with Crippen molar-refractivity contribution >= 4 is 10.0 Å². The van der Waals surface area contributed by atoms with Crippen LogP contribution in [-0.4, -0.2) is 38.0 Å². The van der Waals surface area contributed by atoms with Crippen LogP contribution in [0, 0.1) is 0 Å². The first kappa shape index (κ1) is 18.6. The third kappa shape index (κ3) is 4.87. The van der Waals surface area contributed by atoms with Crippen LogP contribution in [-0.2, 0) is 27.7 Å². The number of aryl methyl sites for hydroxylation is 1. The topological polar surface area (TPSA) is 59.5 Å². The van der Waals surface area contributed by atoms with Crippen LogP contribution in [0.1, 0.15) is 24.5 Å². The Bertz CT molecular complexity index is 716. The Hall–Kier alpha value is -1.76. The molecule has 0 aliphatic heterocycles. The van der Waals surface area contributed by atoms with Gasteiger partial charge in [0.2, 0.25) is 10.0 Å². The van der Waals surface area contributed by atoms with E-state index in [1.54, 1.807) is 37.7 Å². The van der Waals surface area contributed by atoms with Gasteiger partial charge in [-0.05, 0) is 35.7 Å². The summed E-state index contributed by atoms with van der Waals surface area (Å²) < 4.78 is 32.4. The molecule has 0 bridgehead atoms. The first-order valence-corrected chi connectivity index (χ1v) is 9.49. The van der Waals surface area contributed by atoms with E-state index in [-0.39, 0.29) is 6.54 Å². The summed E-state index contributed by atoms with van der Waals surface area (Å²) in [5.74, 6) is 0. The molecule has 0 aliphatic carbocycles. The average Bonchev–Trinajstić information content (AvgIpc) is 2.60. The normalized spacial score (nSPS) is 11.8. The summed E-state index contributed by atoms with van der Waals surface area (Å²) in [5.41, 5.74) is 1.99. The number of aromatic nitrogens is 1. The molecule has 2 aromatic rings. The van der Waals surface area contributed by atoms with Gasteiger partial charge >= 0.3 is 0 Å². The molecule has 0 fully saturated rings. The fourth-order valence-electron chi connectivity index (χ4n) is 2.44. The Morgan fingerprint density at radius 3 is 2.46 bits per heavy atom. The lowest BCUT2D eigenvalue weighted by atomic mass is 10.1. The highest BCUT2D eigenvalue weighted by Gasteiger charge is 2.24. The molecule has 5 nitrogen and oxygen atoms in total. The Kier molecular flexibility index (Phi) is 6.90. The Labute approximate surface area is 144 Å². The third-order valence-corrected chi connectivity index (χ3v) is 5.59. The van der Waals surface area contributed by atoms with Gasteiger partial charge in [0.1, 0.15) is 0 Å². The van der Waals surface area contributed by atoms with Gasteiger partial charge in [-0.1, -0.05) is 31.5 Å². The van der Waals surface area contributed by atoms with E-state index in [0.717, 1.165) is 24.0 Å². The maximum absolute atomic E-state index is 13.0. The average molecular weight is 348 g/mol. The summed E-state index contributed by atoms with van der Waals surface area (Å²) in [7, 11) is -2.01. The van der Waals surface area contributed by atoms with E-state index in [1.807, 2.05) is 18.2 Å². The molecule has 1 aromatic carbocycles. The van der Waals surface area contributed by atoms with Crippen molar-refractivity contribution in [2.45, 2.75) is 31.2 Å². The Balaban J connectivity index is 2.25. The zero-order valence-electron chi connectivity index (χ0n) is 14.2. The molecular formula is C18H24N2O3S. The molecule has 0 aliphatic rings. The van der Waals surface area contributed by atoms with Crippen molar-refractivity contribution in [3.05, 3.63) is 59.9 Å². The van der Waals surface area contributed by atoms with Crippen molar-refractivity contribution in [3.63, 3.8) is 0 Å². The fraction of sp³-hybridized carbons (Fsp3) is 0.389. The van der Waals surface area contributed by atoms with Gasteiger partial charge in [0.15, 0.2) is 0 Å². The second-order valence-electron chi connectivity index (χ2n) is 5.59. The molecule has 24 heavy (non-hydrogen) atoms. The lowest BCUT2D eigenvalue weighted by Crippen LogP contribution is -2.33. The van der Waals surface area contributed by atoms with E-state index in [9.17, 15) is 8.42 Å². The quantitative estimate of drug-likeness (QED) is 0.699. The van der Waals surface area contributed by atoms with Crippen LogP contribution in [0.2, 0.25) is 0 Å². The number of nitrogens with zero attached hydrogens (tertiary/aromatic N) is 2. The van der Waals surface area contributed by atoms with Crippen molar-refractivity contribution in [2.24, 2.45) is 0 Å². The highest BCUT2D eigenvalue weighted by Crippen LogP contribution is 2.19. The molecule has 0 radical (unpaired) electrons. The number of hydrogen-bond donors (Lipinski definition) is 0. The van der Waals surface area contributed by atoms with E-state index < -0.39 is 10.0 Å². The van der Waals surface area contributed by atoms with Gasteiger partial charge in [0.25, 0.3) is 0 Å². The first-order chi connectivity index (χ1) is 11.6. The molecule has 0 saturated carbocycles. The molecule has 0 atom stereocenters. The minimum Gasteiger partial charge on any atom is -0.383 e. The zero-order valence-corrected chi connectivity index (χ0v) is 15.0. The smallest absolute Gasteiger partial charge is 0.243 e. The largest absolute Gasteiger partial charge is 0.383 e. The van der Waals surface area contributed by atoms with Crippen molar-refractivity contribution in [1.29, 1.82) is 0 Å². The molecule has 130 valence electrons. The summed E-state index contributed by atoms with van der Waals surface area (Å²) in [6, 6.07) is 10.8. The molecule has 0 saturated heterocycles. The molecule has 0 unspecified atom stereocenters. The highest BCUT2D eigenvalue weighted by atomic mass is 32.2. The van der Waals surface area contributed by atoms with E-state index >= 15 is 0 Å². The third-order valence-electron chi connectivity index (χ3n) is 3.73. The SMILES string of the molecule is CCCc1ccc(S(=O)(=O)N(CCOC)Cc2cccnc2)cc1. The van der Waals surface area contributed by atoms with Crippen molar-refractivity contribution < 1.29 is 13.2 Å². The van der Waals surface area contributed by atoms with Gasteiger partial charge in [-0.25, -0.2) is 8.42 Å². The van der Waals surface area contributed by atoms with Crippen molar-refractivity contribution in [3.8, 4) is 0 Å². The van der Waals surface area contributed by atoms with E-state index in [2.05, 4.69) is 11.9 Å². The molecule has 0 amide bonds. The van der Waals surface area contributed by atoms with Crippen LogP contribution in [0.25, 0.3) is 0 Å². The number of benzene rings is 1. The van der Waals surface area contributed by atoms with Gasteiger partial charge in [-0.2, -0.15) is 4.31 Å². The van der Waals surface area contributed by atoms with E-state index in [4.69, 9.17) is 4.74 Å². The fourth-order valence-corrected chi connectivity index (χ4v) is 3.85. The van der Waals surface area contributed by atoms with Crippen LogP contribution >= 0.6 is 0 Å². The number of sulfonamides is 1. The highest BCUT2D eigenvalue weighted by molar-refractivity contribution is 7.89. The summed E-state index contributed by atoms with van der Waals surface area (Å²) >= 11 is 0. The van der Waals surface area contributed by atoms with E-state index in [0.29, 0.717) is 18.0 Å². The minimum absolute atomic E-state index is 0.274. The lowest BCUT2D eigenvalue weighted by molar-refractivity contribution is 0.177. The van der Waals surface area contributed by atoms with Gasteiger partial charge in [-0.15, -0.1) is 0 Å². The van der Waals surface area contributed by atoms with Gasteiger partial charge < -0.3 is 4.74 Å². The van der Waals surface area contributed by atoms with Gasteiger partial charge in [0.05, 0.1) is 11.5 Å². The monoisotopic (exact) mass is 348 g/mol. The van der Waals surface area contributed by atoms with E-state index in [1.165, 1.54) is 4.31 Å². The molecule has 2 rings (SSSR count). The van der Waals surface area contributed by atoms with Gasteiger partial charge in [-0.3, -0.25) is 4.98 Å². The maximum atomic E-state index is 13.0. The standard InChI is InChI=1S/C18H24N2O3S/c1-3-5-16-7-9-18(10-8-16)24(21,22)20(12-13-23-2)15-17-6-4-11-19-14-17/h4,6-11,14H,3,5,12-13,15H2,1-2H3. The van der Waals surface area contributed by atoms with Crippen LogP contribution in [0.15, 0.2) is 53.7 Å². The summed E-state index contributed by atoms with van der Waals surface area (Å²) in [6.45, 7) is 3.01. The molecule has 1 heterocycles. The second kappa shape index (κ2) is 8.92. The van der Waals surface area contributed by atoms with Crippen LogP contribution < -0.4 is 0 Å². The number of rotatable bonds is 9. The number of hydrogen-bond acceptors (Lipinski definition) is 4. The Morgan fingerprint density at radius 2 is 1.88 bits per heavy atom. The molecule has 0 spiro atoms. The van der Waals surface area contributed by atoms with Crippen molar-refractivity contribution in [1.82, 2.24) is 9.29 Å². The summed E-state index contributed by atoms with van der Waals surface area (Å²) in [5, 5.41) is 0. The molecule has 0 N–H and O–H groups in total. The predicted octanol–water partition coefficient (Wildman–Crippen LogP) is 2.87. The number of ether oxygens (including phenoxy) is 1. The summed E-state index contributed by atoms with van der Waals surface area (Å²) in [4.78, 5) is 4.36. The Morgan fingerprint density at radius 1 is 1.12 bits per heavy atom. The lowest BCUT2D eigenvalue weighted by Gasteiger charge is -2.22. The molecule has 6 heteroatoms. The molecule has 1 aromatic heterocycles. The number of methoxy groups -OCH3 is 1. The second-order valence-corrected chi connectivity index (χ2v) is 7.52. The first-order valence-electron chi connectivity index (χ1n) is 8.05. The summed E-state index contributed by atoms with van der Waals surface area (Å²) in [6.07, 6.45) is 5.33.